The fraction of sp³-hybridized carbons (Fsp3) is 0.714. The highest BCUT2D eigenvalue weighted by atomic mass is 16.5. The number of hydrogen-bond acceptors (Lipinski definition) is 3. The molecule has 0 radical (unpaired) electrons. The minimum Gasteiger partial charge on any atom is -0.465 e. The number of nitrogens with zero attached hydrogens (tertiary/aromatic N) is 1. The molecule has 5 nitrogen and oxygen atoms in total. The summed E-state index contributed by atoms with van der Waals surface area (Å²) in [5, 5.41) is 0. The molecule has 2 N–H and O–H groups in total. The molecule has 0 bridgehead atoms. The van der Waals surface area contributed by atoms with E-state index in [2.05, 4.69) is 4.74 Å². The highest BCUT2D eigenvalue weighted by Crippen LogP contribution is 1.88. The summed E-state index contributed by atoms with van der Waals surface area (Å²) in [6.07, 6.45) is 0. The summed E-state index contributed by atoms with van der Waals surface area (Å²) >= 11 is 0. The number of amides is 2. The molecule has 0 aliphatic rings. The fourth-order valence-electron chi connectivity index (χ4n) is 0.708. The van der Waals surface area contributed by atoms with Gasteiger partial charge in [0.15, 0.2) is 0 Å². The zero-order valence-electron chi connectivity index (χ0n) is 7.37. The van der Waals surface area contributed by atoms with Gasteiger partial charge < -0.3 is 15.4 Å². The van der Waals surface area contributed by atoms with Gasteiger partial charge in [-0.15, -0.1) is 0 Å². The van der Waals surface area contributed by atoms with Crippen molar-refractivity contribution in [2.24, 2.45) is 5.73 Å². The molecule has 0 spiro atoms. The molecule has 0 aliphatic carbocycles. The Hall–Kier alpha value is -1.26. The molecule has 0 fully saturated rings. The van der Waals surface area contributed by atoms with Gasteiger partial charge >= 0.3 is 12.0 Å². The van der Waals surface area contributed by atoms with Crippen LogP contribution in [0.25, 0.3) is 0 Å². The van der Waals surface area contributed by atoms with Gasteiger partial charge in [-0.25, -0.2) is 4.79 Å². The van der Waals surface area contributed by atoms with E-state index in [0.29, 0.717) is 13.2 Å². The maximum atomic E-state index is 10.8. The fourth-order valence-corrected chi connectivity index (χ4v) is 0.708. The maximum Gasteiger partial charge on any atom is 0.325 e. The van der Waals surface area contributed by atoms with Crippen molar-refractivity contribution in [1.82, 2.24) is 4.90 Å². The highest BCUT2D eigenvalue weighted by molar-refractivity contribution is 5.79. The lowest BCUT2D eigenvalue weighted by molar-refractivity contribution is -0.143. The number of carbonyl (C=O) groups excluding carboxylic acids is 2. The molecule has 0 saturated carbocycles. The van der Waals surface area contributed by atoms with Crippen molar-refractivity contribution in [3.63, 3.8) is 0 Å². The van der Waals surface area contributed by atoms with Gasteiger partial charge in [-0.1, -0.05) is 0 Å². The number of nitrogens with two attached hydrogens (primary N) is 1. The average Bonchev–Trinajstić information content (AvgIpc) is 2.00. The maximum absolute atomic E-state index is 10.8. The molecular formula is C7H14N2O3. The lowest BCUT2D eigenvalue weighted by Crippen LogP contribution is -2.39. The molecule has 0 atom stereocenters. The van der Waals surface area contributed by atoms with E-state index in [9.17, 15) is 9.59 Å². The molecule has 5 heteroatoms. The normalized spacial score (nSPS) is 9.17. The van der Waals surface area contributed by atoms with E-state index < -0.39 is 12.0 Å². The van der Waals surface area contributed by atoms with Gasteiger partial charge in [-0.2, -0.15) is 0 Å². The van der Waals surface area contributed by atoms with E-state index >= 15 is 0 Å². The summed E-state index contributed by atoms with van der Waals surface area (Å²) < 4.78 is 4.64. The van der Waals surface area contributed by atoms with Gasteiger partial charge in [0.2, 0.25) is 0 Å². The van der Waals surface area contributed by atoms with Crippen molar-refractivity contribution >= 4 is 12.0 Å². The summed E-state index contributed by atoms with van der Waals surface area (Å²) in [5.74, 6) is -0.432. The molecule has 0 aromatic rings. The molecular weight excluding hydrogens is 160 g/mol. The van der Waals surface area contributed by atoms with Crippen LogP contribution in [-0.2, 0) is 9.53 Å². The zero-order valence-corrected chi connectivity index (χ0v) is 7.37. The Morgan fingerprint density at radius 2 is 2.00 bits per heavy atom. The van der Waals surface area contributed by atoms with Crippen molar-refractivity contribution in [3.05, 3.63) is 0 Å². The Morgan fingerprint density at radius 1 is 1.42 bits per heavy atom. The third-order valence-electron chi connectivity index (χ3n) is 1.32. The third-order valence-corrected chi connectivity index (χ3v) is 1.32. The first-order chi connectivity index (χ1) is 5.61. The highest BCUT2D eigenvalue weighted by Gasteiger charge is 2.12. The van der Waals surface area contributed by atoms with Crippen molar-refractivity contribution < 1.29 is 14.3 Å². The standard InChI is InChI=1S/C7H14N2O3/c1-3-9(7(8)11)5-6(10)12-4-2/h3-5H2,1-2H3,(H2,8,11). The Kier molecular flexibility index (Phi) is 4.83. The molecule has 0 heterocycles. The molecule has 0 rings (SSSR count). The lowest BCUT2D eigenvalue weighted by Gasteiger charge is -2.16. The van der Waals surface area contributed by atoms with E-state index in [1.165, 1.54) is 4.90 Å². The SMILES string of the molecule is CCOC(=O)CN(CC)C(N)=O. The molecule has 2 amide bonds. The summed E-state index contributed by atoms with van der Waals surface area (Å²) in [6, 6.07) is -0.606. The van der Waals surface area contributed by atoms with E-state index in [0.717, 1.165) is 0 Å². The van der Waals surface area contributed by atoms with Crippen molar-refractivity contribution in [1.29, 1.82) is 0 Å². The van der Waals surface area contributed by atoms with Crippen LogP contribution in [0.1, 0.15) is 13.8 Å². The molecule has 0 unspecified atom stereocenters. The van der Waals surface area contributed by atoms with Crippen LogP contribution < -0.4 is 5.73 Å². The first-order valence-corrected chi connectivity index (χ1v) is 3.81. The van der Waals surface area contributed by atoms with Crippen LogP contribution in [0.5, 0.6) is 0 Å². The van der Waals surface area contributed by atoms with E-state index in [4.69, 9.17) is 5.73 Å². The number of likely N-dealkylation sites (N-methyl/N-ethyl adjacent to an activating group) is 1. The van der Waals surface area contributed by atoms with Crippen LogP contribution >= 0.6 is 0 Å². The second-order valence-electron chi connectivity index (χ2n) is 2.16. The predicted molar refractivity (Wildman–Crippen MR) is 43.5 cm³/mol. The number of ether oxygens (including phenoxy) is 1. The molecule has 0 saturated heterocycles. The van der Waals surface area contributed by atoms with Gasteiger partial charge in [0.1, 0.15) is 6.54 Å². The number of rotatable bonds is 4. The quantitative estimate of drug-likeness (QED) is 0.607. The molecule has 0 aromatic heterocycles. The number of primary amides is 1. The Labute approximate surface area is 71.5 Å². The summed E-state index contributed by atoms with van der Waals surface area (Å²) in [6.45, 7) is 4.10. The van der Waals surface area contributed by atoms with Crippen LogP contribution in [0.3, 0.4) is 0 Å². The van der Waals surface area contributed by atoms with Crippen LogP contribution in [0.2, 0.25) is 0 Å². The van der Waals surface area contributed by atoms with E-state index in [1.54, 1.807) is 13.8 Å². The summed E-state index contributed by atoms with van der Waals surface area (Å²) in [7, 11) is 0. The second-order valence-corrected chi connectivity index (χ2v) is 2.16. The molecule has 70 valence electrons. The van der Waals surface area contributed by atoms with Crippen molar-refractivity contribution in [2.75, 3.05) is 19.7 Å². The van der Waals surface area contributed by atoms with Crippen LogP contribution in [-0.4, -0.2) is 36.6 Å². The Bertz CT molecular complexity index is 170. The largest absolute Gasteiger partial charge is 0.465 e. The summed E-state index contributed by atoms with van der Waals surface area (Å²) in [5.41, 5.74) is 4.97. The number of urea groups is 1. The lowest BCUT2D eigenvalue weighted by atomic mass is 10.5. The van der Waals surface area contributed by atoms with Gasteiger partial charge in [0, 0.05) is 6.54 Å². The number of hydrogen-bond donors (Lipinski definition) is 1. The van der Waals surface area contributed by atoms with Crippen LogP contribution in [0.4, 0.5) is 4.79 Å². The Balaban J connectivity index is 3.85. The predicted octanol–water partition coefficient (Wildman–Crippen LogP) is -0.0499. The van der Waals surface area contributed by atoms with E-state index in [-0.39, 0.29) is 6.54 Å². The third kappa shape index (κ3) is 3.80. The first-order valence-electron chi connectivity index (χ1n) is 3.81. The summed E-state index contributed by atoms with van der Waals surface area (Å²) in [4.78, 5) is 22.7. The van der Waals surface area contributed by atoms with Gasteiger partial charge in [-0.05, 0) is 13.8 Å². The molecule has 12 heavy (non-hydrogen) atoms. The monoisotopic (exact) mass is 174 g/mol. The van der Waals surface area contributed by atoms with Gasteiger partial charge in [0.25, 0.3) is 0 Å². The van der Waals surface area contributed by atoms with E-state index in [1.807, 2.05) is 0 Å². The Morgan fingerprint density at radius 3 is 2.33 bits per heavy atom. The van der Waals surface area contributed by atoms with Crippen LogP contribution in [0, 0.1) is 0 Å². The van der Waals surface area contributed by atoms with Crippen molar-refractivity contribution in [2.45, 2.75) is 13.8 Å². The van der Waals surface area contributed by atoms with Crippen molar-refractivity contribution in [3.8, 4) is 0 Å². The second kappa shape index (κ2) is 5.40. The van der Waals surface area contributed by atoms with Gasteiger partial charge in [0.05, 0.1) is 6.61 Å². The topological polar surface area (TPSA) is 72.6 Å². The van der Waals surface area contributed by atoms with Gasteiger partial charge in [-0.3, -0.25) is 4.79 Å². The average molecular weight is 174 g/mol. The minimum absolute atomic E-state index is 0.0698. The molecule has 0 aliphatic heterocycles. The smallest absolute Gasteiger partial charge is 0.325 e. The number of esters is 1. The first kappa shape index (κ1) is 10.7. The van der Waals surface area contributed by atoms with Crippen LogP contribution in [0.15, 0.2) is 0 Å². The molecule has 0 aromatic carbocycles. The zero-order chi connectivity index (χ0) is 9.56. The minimum atomic E-state index is -0.606. The number of carbonyl (C=O) groups is 2.